The zero-order chi connectivity index (χ0) is 22.9. The molecule has 0 saturated heterocycles. The number of anilines is 1. The van der Waals surface area contributed by atoms with Crippen molar-refractivity contribution in [1.29, 1.82) is 0 Å². The topological polar surface area (TPSA) is 75.8 Å². The van der Waals surface area contributed by atoms with Crippen LogP contribution in [0.25, 0.3) is 6.08 Å². The number of aliphatic carboxylic acids is 1. The summed E-state index contributed by atoms with van der Waals surface area (Å²) in [6.07, 6.45) is 3.41. The first-order valence-corrected chi connectivity index (χ1v) is 10.4. The molecule has 0 spiro atoms. The van der Waals surface area contributed by atoms with Crippen LogP contribution in [-0.2, 0) is 11.2 Å². The van der Waals surface area contributed by atoms with Crippen LogP contribution in [0.5, 0.6) is 5.75 Å². The second-order valence-electron chi connectivity index (χ2n) is 8.87. The molecular weight excluding hydrogens is 395 g/mol. The Labute approximate surface area is 183 Å². The van der Waals surface area contributed by atoms with Gasteiger partial charge >= 0.3 is 5.97 Å². The number of alkyl halides is 1. The molecule has 0 unspecified atom stereocenters. The van der Waals surface area contributed by atoms with Gasteiger partial charge in [-0.05, 0) is 74.6 Å². The molecule has 2 aromatic carbocycles. The Bertz CT molecular complexity index is 1010. The van der Waals surface area contributed by atoms with Crippen LogP contribution >= 0.6 is 0 Å². The van der Waals surface area contributed by atoms with Crippen molar-refractivity contribution in [2.75, 3.05) is 19.4 Å². The van der Waals surface area contributed by atoms with Crippen molar-refractivity contribution in [2.45, 2.75) is 51.9 Å². The average Bonchev–Trinajstić information content (AvgIpc) is 2.69. The van der Waals surface area contributed by atoms with Gasteiger partial charge in [-0.25, -0.2) is 9.18 Å². The van der Waals surface area contributed by atoms with E-state index in [-0.39, 0.29) is 18.6 Å². The molecule has 31 heavy (non-hydrogen) atoms. The first kappa shape index (κ1) is 22.8. The van der Waals surface area contributed by atoms with Crippen molar-refractivity contribution in [2.24, 2.45) is 0 Å². The number of benzene rings is 2. The minimum absolute atomic E-state index is 0.101. The van der Waals surface area contributed by atoms with E-state index in [0.29, 0.717) is 5.75 Å². The van der Waals surface area contributed by atoms with Gasteiger partial charge in [-0.2, -0.15) is 0 Å². The predicted molar refractivity (Wildman–Crippen MR) is 122 cm³/mol. The number of ether oxygens (including phenoxy) is 1. The summed E-state index contributed by atoms with van der Waals surface area (Å²) in [5.74, 6) is -0.378. The number of halogens is 1. The fourth-order valence-electron chi connectivity index (χ4n) is 4.42. The van der Waals surface area contributed by atoms with Gasteiger partial charge in [-0.15, -0.1) is 0 Å². The molecule has 3 N–H and O–H groups in total. The standard InChI is InChI=1S/C25H31FN2O3/c1-15-12-20-16(2)21(27)10-9-18(20)24(28(15)14-25(3,4)26)19-8-6-17(7-11-23(29)30)13-22(19)31-5/h6-11,13,15,24H,12,14,27H2,1-5H3,(H,29,30)/b11-7+/t15-,24-/m1/s1. The van der Waals surface area contributed by atoms with Gasteiger partial charge in [0.1, 0.15) is 11.4 Å². The molecule has 0 fully saturated rings. The van der Waals surface area contributed by atoms with Gasteiger partial charge in [0.25, 0.3) is 0 Å². The minimum atomic E-state index is -1.37. The molecule has 3 rings (SSSR count). The predicted octanol–water partition coefficient (Wildman–Crippen LogP) is 4.77. The fourth-order valence-corrected chi connectivity index (χ4v) is 4.42. The highest BCUT2D eigenvalue weighted by Gasteiger charge is 2.38. The van der Waals surface area contributed by atoms with Crippen LogP contribution in [0.15, 0.2) is 36.4 Å². The molecule has 1 heterocycles. The molecule has 5 nitrogen and oxygen atoms in total. The van der Waals surface area contributed by atoms with E-state index in [2.05, 4.69) is 11.8 Å². The molecule has 0 aromatic heterocycles. The lowest BCUT2D eigenvalue weighted by Crippen LogP contribution is -2.48. The number of carboxylic acid groups (broad SMARTS) is 1. The Morgan fingerprint density at radius 3 is 2.61 bits per heavy atom. The number of nitrogens with two attached hydrogens (primary N) is 1. The highest BCUT2D eigenvalue weighted by Crippen LogP contribution is 2.44. The molecule has 6 heteroatoms. The largest absolute Gasteiger partial charge is 0.496 e. The number of fused-ring (bicyclic) bond motifs is 1. The fraction of sp³-hybridized carbons (Fsp3) is 0.400. The van der Waals surface area contributed by atoms with E-state index in [9.17, 15) is 9.18 Å². The number of nitrogen functional groups attached to an aromatic ring is 1. The van der Waals surface area contributed by atoms with E-state index in [0.717, 1.165) is 40.4 Å². The Morgan fingerprint density at radius 1 is 1.32 bits per heavy atom. The molecule has 166 valence electrons. The Balaban J connectivity index is 2.19. The maximum absolute atomic E-state index is 14.8. The molecule has 2 aromatic rings. The number of nitrogens with zero attached hydrogens (tertiary/aromatic N) is 1. The van der Waals surface area contributed by atoms with E-state index < -0.39 is 11.6 Å². The highest BCUT2D eigenvalue weighted by molar-refractivity contribution is 5.85. The zero-order valence-electron chi connectivity index (χ0n) is 18.8. The van der Waals surface area contributed by atoms with Crippen LogP contribution in [0, 0.1) is 6.92 Å². The Morgan fingerprint density at radius 2 is 2.00 bits per heavy atom. The van der Waals surface area contributed by atoms with Crippen LogP contribution in [0.1, 0.15) is 54.6 Å². The molecular formula is C25H31FN2O3. The number of hydrogen-bond donors (Lipinski definition) is 2. The normalized spacial score (nSPS) is 19.4. The quantitative estimate of drug-likeness (QED) is 0.514. The monoisotopic (exact) mass is 426 g/mol. The van der Waals surface area contributed by atoms with E-state index in [1.807, 2.05) is 37.3 Å². The molecule has 0 bridgehead atoms. The maximum atomic E-state index is 14.8. The zero-order valence-corrected chi connectivity index (χ0v) is 18.8. The number of carboxylic acids is 1. The Hall–Kier alpha value is -2.86. The third kappa shape index (κ3) is 4.90. The number of rotatable bonds is 6. The van der Waals surface area contributed by atoms with Crippen LogP contribution in [0.2, 0.25) is 0 Å². The van der Waals surface area contributed by atoms with Gasteiger partial charge in [0.2, 0.25) is 0 Å². The summed E-state index contributed by atoms with van der Waals surface area (Å²) in [4.78, 5) is 13.1. The van der Waals surface area contributed by atoms with Gasteiger partial charge < -0.3 is 15.6 Å². The van der Waals surface area contributed by atoms with Crippen molar-refractivity contribution in [3.8, 4) is 5.75 Å². The molecule has 1 aliphatic rings. The van der Waals surface area contributed by atoms with Crippen molar-refractivity contribution in [1.82, 2.24) is 4.90 Å². The number of methoxy groups -OCH3 is 1. The van der Waals surface area contributed by atoms with Gasteiger partial charge in [-0.3, -0.25) is 4.90 Å². The van der Waals surface area contributed by atoms with Crippen molar-refractivity contribution < 1.29 is 19.0 Å². The first-order valence-electron chi connectivity index (χ1n) is 10.4. The maximum Gasteiger partial charge on any atom is 0.328 e. The summed E-state index contributed by atoms with van der Waals surface area (Å²) >= 11 is 0. The third-order valence-corrected chi connectivity index (χ3v) is 5.90. The lowest BCUT2D eigenvalue weighted by atomic mass is 9.81. The third-order valence-electron chi connectivity index (χ3n) is 5.90. The smallest absolute Gasteiger partial charge is 0.328 e. The van der Waals surface area contributed by atoms with E-state index >= 15 is 0 Å². The van der Waals surface area contributed by atoms with Crippen molar-refractivity contribution in [3.63, 3.8) is 0 Å². The average molecular weight is 427 g/mol. The first-order chi connectivity index (χ1) is 14.5. The lowest BCUT2D eigenvalue weighted by Gasteiger charge is -2.45. The number of hydrogen-bond acceptors (Lipinski definition) is 4. The van der Waals surface area contributed by atoms with Crippen LogP contribution in [-0.4, -0.2) is 41.3 Å². The second-order valence-corrected chi connectivity index (χ2v) is 8.87. The summed E-state index contributed by atoms with van der Waals surface area (Å²) in [5, 5.41) is 8.92. The summed E-state index contributed by atoms with van der Waals surface area (Å²) in [5.41, 5.74) is 10.6. The van der Waals surface area contributed by atoms with Crippen LogP contribution in [0.3, 0.4) is 0 Å². The van der Waals surface area contributed by atoms with Crippen LogP contribution < -0.4 is 10.5 Å². The van der Waals surface area contributed by atoms with E-state index in [4.69, 9.17) is 15.6 Å². The molecule has 0 radical (unpaired) electrons. The Kier molecular flexibility index (Phi) is 6.41. The van der Waals surface area contributed by atoms with Gasteiger partial charge in [0, 0.05) is 29.9 Å². The van der Waals surface area contributed by atoms with Crippen molar-refractivity contribution >= 4 is 17.7 Å². The highest BCUT2D eigenvalue weighted by atomic mass is 19.1. The molecule has 0 amide bonds. The van der Waals surface area contributed by atoms with Gasteiger partial charge in [0.05, 0.1) is 13.2 Å². The van der Waals surface area contributed by atoms with Gasteiger partial charge in [-0.1, -0.05) is 18.2 Å². The molecule has 1 aliphatic heterocycles. The molecule has 0 saturated carbocycles. The summed E-state index contributed by atoms with van der Waals surface area (Å²) in [6.45, 7) is 7.60. The molecule has 2 atom stereocenters. The lowest BCUT2D eigenvalue weighted by molar-refractivity contribution is -0.131. The number of carbonyl (C=O) groups is 1. The SMILES string of the molecule is COc1cc(/C=C/C(=O)O)ccc1[C@H]1c2ccc(N)c(C)c2C[C@@H](C)N1CC(C)(C)F. The van der Waals surface area contributed by atoms with Crippen molar-refractivity contribution in [3.05, 3.63) is 64.2 Å². The summed E-state index contributed by atoms with van der Waals surface area (Å²) < 4.78 is 20.5. The van der Waals surface area contributed by atoms with E-state index in [1.165, 1.54) is 11.6 Å². The second kappa shape index (κ2) is 8.71. The molecule has 0 aliphatic carbocycles. The minimum Gasteiger partial charge on any atom is -0.496 e. The van der Waals surface area contributed by atoms with E-state index in [1.54, 1.807) is 21.0 Å². The summed E-state index contributed by atoms with van der Waals surface area (Å²) in [7, 11) is 1.59. The van der Waals surface area contributed by atoms with Crippen LogP contribution in [0.4, 0.5) is 10.1 Å². The summed E-state index contributed by atoms with van der Waals surface area (Å²) in [6, 6.07) is 9.45. The van der Waals surface area contributed by atoms with Gasteiger partial charge in [0.15, 0.2) is 0 Å².